The molecule has 0 radical (unpaired) electrons. The highest BCUT2D eigenvalue weighted by atomic mass is 16.5. The van der Waals surface area contributed by atoms with Gasteiger partial charge >= 0.3 is 6.01 Å². The molecule has 0 saturated carbocycles. The van der Waals surface area contributed by atoms with Crippen LogP contribution in [0, 0.1) is 24.2 Å². The molecule has 198 valence electrons. The number of hydrogen-bond donors (Lipinski definition) is 0. The van der Waals surface area contributed by atoms with Crippen molar-refractivity contribution in [3.63, 3.8) is 0 Å². The predicted octanol–water partition coefficient (Wildman–Crippen LogP) is 4.50. The van der Waals surface area contributed by atoms with Gasteiger partial charge in [0.2, 0.25) is 0 Å². The van der Waals surface area contributed by atoms with E-state index < -0.39 is 0 Å². The molecule has 3 aromatic rings. The highest BCUT2D eigenvalue weighted by molar-refractivity contribution is 5.96. The summed E-state index contributed by atoms with van der Waals surface area (Å²) < 4.78 is 6.29. The Hall–Kier alpha value is -3.44. The van der Waals surface area contributed by atoms with E-state index in [2.05, 4.69) is 57.9 Å². The molecule has 2 atom stereocenters. The van der Waals surface area contributed by atoms with Crippen LogP contribution in [0.5, 0.6) is 6.01 Å². The lowest BCUT2D eigenvalue weighted by molar-refractivity contribution is 0.187. The molecule has 5 heterocycles. The van der Waals surface area contributed by atoms with Crippen LogP contribution in [-0.2, 0) is 13.0 Å². The normalized spacial score (nSPS) is 21.9. The minimum atomic E-state index is 0.390. The Labute approximate surface area is 225 Å². The minimum Gasteiger partial charge on any atom is -0.462 e. The molecule has 0 spiro atoms. The second-order valence-electron chi connectivity index (χ2n) is 11.2. The molecule has 0 aliphatic carbocycles. The van der Waals surface area contributed by atoms with Crippen molar-refractivity contribution < 1.29 is 4.74 Å². The summed E-state index contributed by atoms with van der Waals surface area (Å²) in [5.41, 5.74) is 4.70. The molecule has 0 unspecified atom stereocenters. The molecule has 2 fully saturated rings. The molecule has 0 N–H and O–H groups in total. The second kappa shape index (κ2) is 10.7. The van der Waals surface area contributed by atoms with Crippen LogP contribution >= 0.6 is 0 Å². The number of benzene rings is 1. The van der Waals surface area contributed by atoms with Crippen LogP contribution in [0.4, 0.5) is 11.5 Å². The summed E-state index contributed by atoms with van der Waals surface area (Å²) in [6, 6.07) is 9.68. The molecule has 8 heteroatoms. The number of aromatic nitrogens is 3. The SMILES string of the molecule is Cc1cccc2cncc(N3CCc4c(nc(OC[C@@H]5CCCN5C)nc4N4CCC[C@@H](CC#N)C4)C3)c12. The van der Waals surface area contributed by atoms with Gasteiger partial charge in [-0.3, -0.25) is 4.98 Å². The standard InChI is InChI=1S/C30H37N7O/c1-21-6-3-8-23-16-32-17-27(28(21)23)36-15-11-25-26(19-36)33-30(38-20-24-9-5-13-35(24)2)34-29(25)37-14-4-7-22(18-37)10-12-31/h3,6,8,16-17,22,24H,4-5,7,9-11,13-15,18-20H2,1-2H3/t22-,24-/m0/s1. The monoisotopic (exact) mass is 511 g/mol. The van der Waals surface area contributed by atoms with Crippen LogP contribution in [0.15, 0.2) is 30.6 Å². The van der Waals surface area contributed by atoms with Gasteiger partial charge < -0.3 is 19.4 Å². The molecule has 0 amide bonds. The van der Waals surface area contributed by atoms with Gasteiger partial charge in [0.1, 0.15) is 12.4 Å². The Morgan fingerprint density at radius 2 is 1.97 bits per heavy atom. The van der Waals surface area contributed by atoms with Crippen LogP contribution in [0.2, 0.25) is 0 Å². The molecular weight excluding hydrogens is 474 g/mol. The largest absolute Gasteiger partial charge is 0.462 e. The molecular formula is C30H37N7O. The first-order chi connectivity index (χ1) is 18.6. The number of rotatable bonds is 6. The second-order valence-corrected chi connectivity index (χ2v) is 11.2. The zero-order valence-corrected chi connectivity index (χ0v) is 22.6. The van der Waals surface area contributed by atoms with E-state index >= 15 is 0 Å². The lowest BCUT2D eigenvalue weighted by Gasteiger charge is -2.37. The van der Waals surface area contributed by atoms with Crippen molar-refractivity contribution in [2.75, 3.05) is 49.6 Å². The van der Waals surface area contributed by atoms with E-state index in [1.54, 1.807) is 0 Å². The molecule has 1 aromatic carbocycles. The summed E-state index contributed by atoms with van der Waals surface area (Å²) in [5.74, 6) is 1.40. The number of nitrogens with zero attached hydrogens (tertiary/aromatic N) is 7. The number of fused-ring (bicyclic) bond motifs is 2. The Morgan fingerprint density at radius 1 is 1.08 bits per heavy atom. The first-order valence-corrected chi connectivity index (χ1v) is 14.0. The maximum absolute atomic E-state index is 9.31. The fourth-order valence-corrected chi connectivity index (χ4v) is 6.47. The lowest BCUT2D eigenvalue weighted by atomic mass is 9.94. The van der Waals surface area contributed by atoms with Gasteiger partial charge in [0.25, 0.3) is 0 Å². The average molecular weight is 512 g/mol. The smallest absolute Gasteiger partial charge is 0.318 e. The molecule has 38 heavy (non-hydrogen) atoms. The summed E-state index contributed by atoms with van der Waals surface area (Å²) in [6.45, 7) is 7.33. The maximum Gasteiger partial charge on any atom is 0.318 e. The number of likely N-dealkylation sites (tertiary alicyclic amines) is 1. The molecule has 3 aliphatic heterocycles. The van der Waals surface area contributed by atoms with E-state index in [1.807, 2.05) is 12.4 Å². The number of hydrogen-bond acceptors (Lipinski definition) is 8. The molecule has 2 saturated heterocycles. The van der Waals surface area contributed by atoms with Gasteiger partial charge in [0.15, 0.2) is 0 Å². The highest BCUT2D eigenvalue weighted by Gasteiger charge is 2.30. The van der Waals surface area contributed by atoms with Gasteiger partial charge in [-0.2, -0.15) is 15.2 Å². The highest BCUT2D eigenvalue weighted by Crippen LogP contribution is 2.36. The number of ether oxygens (including phenoxy) is 1. The zero-order valence-electron chi connectivity index (χ0n) is 22.6. The number of nitriles is 1. The van der Waals surface area contributed by atoms with Crippen LogP contribution < -0.4 is 14.5 Å². The predicted molar refractivity (Wildman–Crippen MR) is 150 cm³/mol. The third kappa shape index (κ3) is 4.88. The first-order valence-electron chi connectivity index (χ1n) is 14.0. The minimum absolute atomic E-state index is 0.390. The Morgan fingerprint density at radius 3 is 2.82 bits per heavy atom. The Bertz CT molecular complexity index is 1350. The van der Waals surface area contributed by atoms with Gasteiger partial charge in [-0.25, -0.2) is 0 Å². The van der Waals surface area contributed by atoms with E-state index in [-0.39, 0.29) is 0 Å². The molecule has 3 aliphatic rings. The van der Waals surface area contributed by atoms with Crippen molar-refractivity contribution in [1.82, 2.24) is 19.9 Å². The van der Waals surface area contributed by atoms with E-state index in [0.717, 1.165) is 69.1 Å². The molecule has 2 aromatic heterocycles. The van der Waals surface area contributed by atoms with Crippen LogP contribution in [-0.4, -0.2) is 65.7 Å². The van der Waals surface area contributed by atoms with Gasteiger partial charge in [-0.15, -0.1) is 0 Å². The van der Waals surface area contributed by atoms with Crippen LogP contribution in [0.3, 0.4) is 0 Å². The average Bonchev–Trinajstić information content (AvgIpc) is 3.35. The Balaban J connectivity index is 1.34. The van der Waals surface area contributed by atoms with Crippen molar-refractivity contribution in [1.29, 1.82) is 5.26 Å². The van der Waals surface area contributed by atoms with Gasteiger partial charge in [-0.1, -0.05) is 18.2 Å². The van der Waals surface area contributed by atoms with Crippen molar-refractivity contribution in [2.45, 2.75) is 58.0 Å². The zero-order chi connectivity index (χ0) is 26.1. The van der Waals surface area contributed by atoms with Crippen molar-refractivity contribution >= 4 is 22.3 Å². The molecule has 8 nitrogen and oxygen atoms in total. The van der Waals surface area contributed by atoms with E-state index in [1.165, 1.54) is 28.3 Å². The molecule has 6 rings (SSSR count). The number of aryl methyl sites for hydroxylation is 1. The van der Waals surface area contributed by atoms with Crippen molar-refractivity contribution in [3.05, 3.63) is 47.4 Å². The fraction of sp³-hybridized carbons (Fsp3) is 0.533. The topological polar surface area (TPSA) is 81.4 Å². The summed E-state index contributed by atoms with van der Waals surface area (Å²) in [7, 11) is 2.17. The summed E-state index contributed by atoms with van der Waals surface area (Å²) in [5, 5.41) is 11.7. The summed E-state index contributed by atoms with van der Waals surface area (Å²) >= 11 is 0. The van der Waals surface area contributed by atoms with Crippen LogP contribution in [0.1, 0.15) is 48.9 Å². The third-order valence-corrected chi connectivity index (χ3v) is 8.61. The fourth-order valence-electron chi connectivity index (χ4n) is 6.47. The number of likely N-dealkylation sites (N-methyl/N-ethyl adjacent to an activating group) is 1. The lowest BCUT2D eigenvalue weighted by Crippen LogP contribution is -2.39. The van der Waals surface area contributed by atoms with Gasteiger partial charge in [0.05, 0.1) is 30.2 Å². The number of pyridine rings is 1. The third-order valence-electron chi connectivity index (χ3n) is 8.61. The number of piperidine rings is 1. The van der Waals surface area contributed by atoms with Crippen molar-refractivity contribution in [3.8, 4) is 12.1 Å². The summed E-state index contributed by atoms with van der Waals surface area (Å²) in [6.07, 6.45) is 9.97. The van der Waals surface area contributed by atoms with Crippen molar-refractivity contribution in [2.24, 2.45) is 5.92 Å². The first kappa shape index (κ1) is 24.9. The summed E-state index contributed by atoms with van der Waals surface area (Å²) in [4.78, 5) is 21.7. The van der Waals surface area contributed by atoms with Crippen LogP contribution in [0.25, 0.3) is 10.8 Å². The quantitative estimate of drug-likeness (QED) is 0.479. The van der Waals surface area contributed by atoms with E-state index in [9.17, 15) is 5.26 Å². The molecule has 0 bridgehead atoms. The Kier molecular flexibility index (Phi) is 7.03. The van der Waals surface area contributed by atoms with Gasteiger partial charge in [0, 0.05) is 54.6 Å². The van der Waals surface area contributed by atoms with E-state index in [0.29, 0.717) is 37.5 Å². The maximum atomic E-state index is 9.31. The van der Waals surface area contributed by atoms with Gasteiger partial charge in [-0.05, 0) is 64.1 Å². The van der Waals surface area contributed by atoms with E-state index in [4.69, 9.17) is 14.7 Å². The number of anilines is 2.